The minimum absolute atomic E-state index is 0.0218. The molecule has 0 unspecified atom stereocenters. The second-order valence-electron chi connectivity index (χ2n) is 4.99. The molecule has 5 nitrogen and oxygen atoms in total. The molecule has 1 atom stereocenters. The molecule has 0 saturated heterocycles. The van der Waals surface area contributed by atoms with E-state index in [1.165, 1.54) is 12.8 Å². The zero-order valence-corrected chi connectivity index (χ0v) is 11.8. The molecular formula is C15H22N4O. The maximum Gasteiger partial charge on any atom is 0.126 e. The molecule has 2 heterocycles. The molecule has 2 aromatic rings. The lowest BCUT2D eigenvalue weighted by Gasteiger charge is -2.18. The fraction of sp³-hybridized carbons (Fsp3) is 0.467. The van der Waals surface area contributed by atoms with E-state index in [1.54, 1.807) is 12.3 Å². The first-order valence-electron chi connectivity index (χ1n) is 7.13. The predicted octanol–water partition coefficient (Wildman–Crippen LogP) is 2.57. The van der Waals surface area contributed by atoms with E-state index in [9.17, 15) is 5.11 Å². The van der Waals surface area contributed by atoms with Gasteiger partial charge in [-0.15, -0.1) is 0 Å². The van der Waals surface area contributed by atoms with E-state index >= 15 is 0 Å². The van der Waals surface area contributed by atoms with Crippen LogP contribution in [0.15, 0.2) is 24.4 Å². The fourth-order valence-corrected chi connectivity index (χ4v) is 2.26. The first-order valence-corrected chi connectivity index (χ1v) is 7.13. The number of anilines is 2. The third-order valence-electron chi connectivity index (χ3n) is 3.32. The number of nitrogens with zero attached hydrogens (tertiary/aromatic N) is 2. The van der Waals surface area contributed by atoms with Crippen LogP contribution < -0.4 is 11.1 Å². The summed E-state index contributed by atoms with van der Waals surface area (Å²) in [5.41, 5.74) is 8.21. The number of nitrogens with two attached hydrogens (primary N) is 1. The maximum absolute atomic E-state index is 9.50. The minimum atomic E-state index is 0.0218. The van der Waals surface area contributed by atoms with Crippen molar-refractivity contribution in [1.29, 1.82) is 0 Å². The summed E-state index contributed by atoms with van der Waals surface area (Å²) >= 11 is 0. The topological polar surface area (TPSA) is 84.1 Å². The maximum atomic E-state index is 9.50. The Hall–Kier alpha value is -1.88. The van der Waals surface area contributed by atoms with Gasteiger partial charge in [0.1, 0.15) is 11.3 Å². The van der Waals surface area contributed by atoms with Crippen LogP contribution in [0.25, 0.3) is 11.0 Å². The van der Waals surface area contributed by atoms with Crippen molar-refractivity contribution in [1.82, 2.24) is 9.97 Å². The van der Waals surface area contributed by atoms with E-state index in [-0.39, 0.29) is 12.6 Å². The fourth-order valence-electron chi connectivity index (χ4n) is 2.26. The monoisotopic (exact) mass is 274 g/mol. The number of nitrogen functional groups attached to an aromatic ring is 1. The van der Waals surface area contributed by atoms with Crippen molar-refractivity contribution in [3.05, 3.63) is 24.4 Å². The lowest BCUT2D eigenvalue weighted by molar-refractivity contribution is 0.266. The van der Waals surface area contributed by atoms with Gasteiger partial charge in [-0.3, -0.25) is 4.98 Å². The zero-order valence-electron chi connectivity index (χ0n) is 11.8. The summed E-state index contributed by atoms with van der Waals surface area (Å²) in [4.78, 5) is 8.60. The van der Waals surface area contributed by atoms with Crippen molar-refractivity contribution < 1.29 is 5.11 Å². The first-order chi connectivity index (χ1) is 9.74. The van der Waals surface area contributed by atoms with Crippen LogP contribution in [0.2, 0.25) is 0 Å². The van der Waals surface area contributed by atoms with Gasteiger partial charge in [-0.05, 0) is 18.6 Å². The summed E-state index contributed by atoms with van der Waals surface area (Å²) in [5, 5.41) is 12.8. The van der Waals surface area contributed by atoms with Crippen LogP contribution in [-0.4, -0.2) is 27.7 Å². The Bertz CT molecular complexity index is 559. The Morgan fingerprint density at radius 2 is 2.25 bits per heavy atom. The van der Waals surface area contributed by atoms with Gasteiger partial charge in [-0.2, -0.15) is 0 Å². The molecule has 0 spiro atoms. The standard InChI is InChI=1S/C15H22N4O/c1-2-3-4-6-11(10-20)18-13-9-14(16)19-12-7-5-8-17-15(12)13/h5,7-9,11,20H,2-4,6,10H2,1H3,(H3,16,18,19)/t11-/m0/s1. The molecule has 0 aromatic carbocycles. The van der Waals surface area contributed by atoms with Gasteiger partial charge < -0.3 is 16.2 Å². The van der Waals surface area contributed by atoms with Gasteiger partial charge in [0.05, 0.1) is 17.8 Å². The van der Waals surface area contributed by atoms with Crippen LogP contribution in [0.1, 0.15) is 32.6 Å². The zero-order chi connectivity index (χ0) is 14.4. The molecule has 0 amide bonds. The number of aromatic nitrogens is 2. The third-order valence-corrected chi connectivity index (χ3v) is 3.32. The van der Waals surface area contributed by atoms with E-state index in [0.29, 0.717) is 5.82 Å². The Labute approximate surface area is 119 Å². The lowest BCUT2D eigenvalue weighted by atomic mass is 10.1. The second kappa shape index (κ2) is 7.05. The van der Waals surface area contributed by atoms with Crippen molar-refractivity contribution in [2.24, 2.45) is 0 Å². The van der Waals surface area contributed by atoms with Crippen LogP contribution in [0.3, 0.4) is 0 Å². The van der Waals surface area contributed by atoms with Crippen LogP contribution in [0.4, 0.5) is 11.5 Å². The molecule has 5 heteroatoms. The molecule has 2 aromatic heterocycles. The van der Waals surface area contributed by atoms with Crippen molar-refractivity contribution in [2.45, 2.75) is 38.6 Å². The summed E-state index contributed by atoms with van der Waals surface area (Å²) in [6.45, 7) is 2.27. The molecule has 0 fully saturated rings. The summed E-state index contributed by atoms with van der Waals surface area (Å²) in [7, 11) is 0. The summed E-state index contributed by atoms with van der Waals surface area (Å²) in [5.74, 6) is 0.457. The first kappa shape index (κ1) is 14.5. The van der Waals surface area contributed by atoms with Crippen molar-refractivity contribution in [3.8, 4) is 0 Å². The predicted molar refractivity (Wildman–Crippen MR) is 82.6 cm³/mol. The Balaban J connectivity index is 2.18. The van der Waals surface area contributed by atoms with Crippen molar-refractivity contribution in [2.75, 3.05) is 17.7 Å². The highest BCUT2D eigenvalue weighted by Gasteiger charge is 2.11. The highest BCUT2D eigenvalue weighted by molar-refractivity contribution is 5.89. The number of aliphatic hydroxyl groups excluding tert-OH is 1. The molecule has 0 aliphatic carbocycles. The van der Waals surface area contributed by atoms with Crippen LogP contribution >= 0.6 is 0 Å². The summed E-state index contributed by atoms with van der Waals surface area (Å²) in [6, 6.07) is 5.52. The molecule has 0 aliphatic heterocycles. The van der Waals surface area contributed by atoms with Crippen LogP contribution in [0.5, 0.6) is 0 Å². The average Bonchev–Trinajstić information content (AvgIpc) is 2.46. The highest BCUT2D eigenvalue weighted by atomic mass is 16.3. The van der Waals surface area contributed by atoms with Gasteiger partial charge >= 0.3 is 0 Å². The van der Waals surface area contributed by atoms with Gasteiger partial charge in [-0.25, -0.2) is 4.98 Å². The van der Waals surface area contributed by atoms with Crippen LogP contribution in [-0.2, 0) is 0 Å². The number of pyridine rings is 2. The largest absolute Gasteiger partial charge is 0.394 e. The SMILES string of the molecule is CCCCC[C@@H](CO)Nc1cc(N)nc2cccnc12. The highest BCUT2D eigenvalue weighted by Crippen LogP contribution is 2.23. The van der Waals surface area contributed by atoms with Crippen molar-refractivity contribution >= 4 is 22.5 Å². The van der Waals surface area contributed by atoms with Gasteiger partial charge in [0.25, 0.3) is 0 Å². The van der Waals surface area contributed by atoms with Crippen molar-refractivity contribution in [3.63, 3.8) is 0 Å². The Kier molecular flexibility index (Phi) is 5.12. The number of hydrogen-bond donors (Lipinski definition) is 3. The molecule has 0 aliphatic rings. The minimum Gasteiger partial charge on any atom is -0.394 e. The summed E-state index contributed by atoms with van der Waals surface area (Å²) < 4.78 is 0. The number of fused-ring (bicyclic) bond motifs is 1. The number of unbranched alkanes of at least 4 members (excludes halogenated alkanes) is 2. The Morgan fingerprint density at radius 1 is 1.40 bits per heavy atom. The van der Waals surface area contributed by atoms with Gasteiger partial charge in [0.2, 0.25) is 0 Å². The van der Waals surface area contributed by atoms with Crippen LogP contribution in [0, 0.1) is 0 Å². The molecule has 0 radical (unpaired) electrons. The number of rotatable bonds is 7. The van der Waals surface area contributed by atoms with E-state index in [4.69, 9.17) is 5.73 Å². The van der Waals surface area contributed by atoms with Gasteiger partial charge in [0, 0.05) is 18.3 Å². The molecule has 4 N–H and O–H groups in total. The molecule has 2 rings (SSSR count). The molecule has 20 heavy (non-hydrogen) atoms. The van der Waals surface area contributed by atoms with Gasteiger partial charge in [0.15, 0.2) is 0 Å². The lowest BCUT2D eigenvalue weighted by Crippen LogP contribution is -2.24. The van der Waals surface area contributed by atoms with E-state index in [0.717, 1.165) is 29.6 Å². The molecular weight excluding hydrogens is 252 g/mol. The average molecular weight is 274 g/mol. The smallest absolute Gasteiger partial charge is 0.126 e. The molecule has 0 bridgehead atoms. The van der Waals surface area contributed by atoms with E-state index < -0.39 is 0 Å². The molecule has 108 valence electrons. The van der Waals surface area contributed by atoms with E-state index in [1.807, 2.05) is 12.1 Å². The number of nitrogens with one attached hydrogen (secondary N) is 1. The number of hydrogen-bond acceptors (Lipinski definition) is 5. The number of aliphatic hydroxyl groups is 1. The van der Waals surface area contributed by atoms with Gasteiger partial charge in [-0.1, -0.05) is 26.2 Å². The Morgan fingerprint density at radius 3 is 3.00 bits per heavy atom. The third kappa shape index (κ3) is 3.57. The second-order valence-corrected chi connectivity index (χ2v) is 4.99. The van der Waals surface area contributed by atoms with E-state index in [2.05, 4.69) is 22.2 Å². The normalized spacial score (nSPS) is 12.5. The summed E-state index contributed by atoms with van der Waals surface area (Å²) in [6.07, 6.45) is 6.11. The molecule has 0 saturated carbocycles. The quantitative estimate of drug-likeness (QED) is 0.676.